The molecule has 94 valence electrons. The molecule has 0 radical (unpaired) electrons. The van der Waals surface area contributed by atoms with Crippen LogP contribution in [0, 0.1) is 12.8 Å². The number of aryl methyl sites for hydroxylation is 1. The Kier molecular flexibility index (Phi) is 4.40. The van der Waals surface area contributed by atoms with E-state index in [4.69, 9.17) is 5.73 Å². The van der Waals surface area contributed by atoms with E-state index in [-0.39, 0.29) is 0 Å². The highest BCUT2D eigenvalue weighted by molar-refractivity contribution is 9.10. The standard InChI is InChI=1S/C13H20BrN3/c1-10-12(14)4-5-13(16-10)17-8-2-3-11(9-17)6-7-15/h4-5,11H,2-3,6-9,15H2,1H3. The monoisotopic (exact) mass is 297 g/mol. The van der Waals surface area contributed by atoms with Crippen LogP contribution in [0.1, 0.15) is 25.0 Å². The molecule has 4 heteroatoms. The van der Waals surface area contributed by atoms with Crippen LogP contribution in [0.15, 0.2) is 16.6 Å². The molecule has 1 aliphatic heterocycles. The van der Waals surface area contributed by atoms with Gasteiger partial charge in [0, 0.05) is 17.6 Å². The topological polar surface area (TPSA) is 42.2 Å². The zero-order valence-corrected chi connectivity index (χ0v) is 11.9. The van der Waals surface area contributed by atoms with E-state index in [0.29, 0.717) is 0 Å². The van der Waals surface area contributed by atoms with Crippen molar-refractivity contribution in [3.63, 3.8) is 0 Å². The first kappa shape index (κ1) is 12.8. The largest absolute Gasteiger partial charge is 0.356 e. The number of halogens is 1. The van der Waals surface area contributed by atoms with Crippen LogP contribution in [0.4, 0.5) is 5.82 Å². The second-order valence-electron chi connectivity index (χ2n) is 4.77. The van der Waals surface area contributed by atoms with Crippen LogP contribution < -0.4 is 10.6 Å². The number of aromatic nitrogens is 1. The summed E-state index contributed by atoms with van der Waals surface area (Å²) in [6.45, 7) is 5.06. The lowest BCUT2D eigenvalue weighted by atomic mass is 9.95. The predicted molar refractivity (Wildman–Crippen MR) is 75.3 cm³/mol. The van der Waals surface area contributed by atoms with E-state index >= 15 is 0 Å². The molecule has 1 unspecified atom stereocenters. The summed E-state index contributed by atoms with van der Waals surface area (Å²) < 4.78 is 1.08. The SMILES string of the molecule is Cc1nc(N2CCCC(CCN)C2)ccc1Br. The highest BCUT2D eigenvalue weighted by Gasteiger charge is 2.20. The van der Waals surface area contributed by atoms with Crippen molar-refractivity contribution in [3.8, 4) is 0 Å². The fraction of sp³-hybridized carbons (Fsp3) is 0.615. The molecule has 1 fully saturated rings. The van der Waals surface area contributed by atoms with Crippen molar-refractivity contribution in [2.24, 2.45) is 11.7 Å². The van der Waals surface area contributed by atoms with Gasteiger partial charge in [0.1, 0.15) is 5.82 Å². The van der Waals surface area contributed by atoms with Crippen LogP contribution in [-0.2, 0) is 0 Å². The molecule has 0 spiro atoms. The Balaban J connectivity index is 2.08. The van der Waals surface area contributed by atoms with Crippen molar-refractivity contribution in [1.82, 2.24) is 4.98 Å². The molecule has 1 aromatic heterocycles. The fourth-order valence-electron chi connectivity index (χ4n) is 2.45. The van der Waals surface area contributed by atoms with Gasteiger partial charge in [-0.25, -0.2) is 4.98 Å². The van der Waals surface area contributed by atoms with Crippen LogP contribution in [0.3, 0.4) is 0 Å². The van der Waals surface area contributed by atoms with Crippen LogP contribution >= 0.6 is 15.9 Å². The first-order valence-electron chi connectivity index (χ1n) is 6.29. The van der Waals surface area contributed by atoms with Gasteiger partial charge in [-0.2, -0.15) is 0 Å². The molecular formula is C13H20BrN3. The van der Waals surface area contributed by atoms with Gasteiger partial charge in [-0.15, -0.1) is 0 Å². The smallest absolute Gasteiger partial charge is 0.128 e. The van der Waals surface area contributed by atoms with Crippen molar-refractivity contribution in [3.05, 3.63) is 22.3 Å². The third-order valence-electron chi connectivity index (χ3n) is 3.42. The zero-order valence-electron chi connectivity index (χ0n) is 10.3. The van der Waals surface area contributed by atoms with Crippen molar-refractivity contribution >= 4 is 21.7 Å². The lowest BCUT2D eigenvalue weighted by Gasteiger charge is -2.33. The molecule has 1 aliphatic rings. The van der Waals surface area contributed by atoms with Crippen LogP contribution in [0.2, 0.25) is 0 Å². The van der Waals surface area contributed by atoms with Gasteiger partial charge in [-0.1, -0.05) is 0 Å². The maximum atomic E-state index is 5.65. The number of piperidine rings is 1. The average Bonchev–Trinajstić information content (AvgIpc) is 2.33. The molecule has 2 rings (SSSR count). The lowest BCUT2D eigenvalue weighted by molar-refractivity contribution is 0.394. The van der Waals surface area contributed by atoms with E-state index in [9.17, 15) is 0 Å². The average molecular weight is 298 g/mol. The molecule has 0 aromatic carbocycles. The zero-order chi connectivity index (χ0) is 12.3. The maximum absolute atomic E-state index is 5.65. The second-order valence-corrected chi connectivity index (χ2v) is 5.62. The van der Waals surface area contributed by atoms with E-state index in [1.54, 1.807) is 0 Å². The van der Waals surface area contributed by atoms with Crippen LogP contribution in [-0.4, -0.2) is 24.6 Å². The van der Waals surface area contributed by atoms with Gasteiger partial charge in [-0.05, 0) is 66.7 Å². The molecule has 0 saturated carbocycles. The summed E-state index contributed by atoms with van der Waals surface area (Å²) >= 11 is 3.49. The summed E-state index contributed by atoms with van der Waals surface area (Å²) in [4.78, 5) is 7.03. The Morgan fingerprint density at radius 2 is 2.35 bits per heavy atom. The quantitative estimate of drug-likeness (QED) is 0.933. The Morgan fingerprint density at radius 3 is 3.06 bits per heavy atom. The number of nitrogens with two attached hydrogens (primary N) is 1. The minimum atomic E-state index is 0.736. The third kappa shape index (κ3) is 3.19. The van der Waals surface area contributed by atoms with Crippen LogP contribution in [0.25, 0.3) is 0 Å². The van der Waals surface area contributed by atoms with Gasteiger partial charge in [0.25, 0.3) is 0 Å². The Labute approximate surface area is 112 Å². The highest BCUT2D eigenvalue weighted by atomic mass is 79.9. The number of nitrogens with zero attached hydrogens (tertiary/aromatic N) is 2. The first-order valence-corrected chi connectivity index (χ1v) is 7.08. The van der Waals surface area contributed by atoms with E-state index in [1.807, 2.05) is 6.92 Å². The molecule has 0 bridgehead atoms. The molecule has 0 amide bonds. The second kappa shape index (κ2) is 5.83. The summed E-state index contributed by atoms with van der Waals surface area (Å²) in [5, 5.41) is 0. The van der Waals surface area contributed by atoms with E-state index in [0.717, 1.165) is 48.0 Å². The molecule has 1 atom stereocenters. The number of pyridine rings is 1. The number of hydrogen-bond acceptors (Lipinski definition) is 3. The summed E-state index contributed by atoms with van der Waals surface area (Å²) in [7, 11) is 0. The van der Waals surface area contributed by atoms with Crippen LogP contribution in [0.5, 0.6) is 0 Å². The normalized spacial score (nSPS) is 20.6. The minimum absolute atomic E-state index is 0.736. The van der Waals surface area contributed by atoms with Crippen molar-refractivity contribution in [2.45, 2.75) is 26.2 Å². The predicted octanol–water partition coefficient (Wildman–Crippen LogP) is 2.72. The molecule has 2 N–H and O–H groups in total. The minimum Gasteiger partial charge on any atom is -0.356 e. The van der Waals surface area contributed by atoms with E-state index in [2.05, 4.69) is 37.9 Å². The van der Waals surface area contributed by atoms with Gasteiger partial charge in [0.05, 0.1) is 5.69 Å². The van der Waals surface area contributed by atoms with Crippen molar-refractivity contribution in [1.29, 1.82) is 0 Å². The fourth-order valence-corrected chi connectivity index (χ4v) is 2.67. The van der Waals surface area contributed by atoms with Gasteiger partial charge in [-0.3, -0.25) is 0 Å². The number of anilines is 1. The molecule has 0 aliphatic carbocycles. The maximum Gasteiger partial charge on any atom is 0.128 e. The van der Waals surface area contributed by atoms with Gasteiger partial charge >= 0.3 is 0 Å². The molecule has 3 nitrogen and oxygen atoms in total. The summed E-state index contributed by atoms with van der Waals surface area (Å²) in [5.41, 5.74) is 6.71. The van der Waals surface area contributed by atoms with Gasteiger partial charge < -0.3 is 10.6 Å². The highest BCUT2D eigenvalue weighted by Crippen LogP contribution is 2.25. The number of hydrogen-bond donors (Lipinski definition) is 1. The van der Waals surface area contributed by atoms with Crippen molar-refractivity contribution in [2.75, 3.05) is 24.5 Å². The van der Waals surface area contributed by atoms with Crippen molar-refractivity contribution < 1.29 is 0 Å². The molecule has 17 heavy (non-hydrogen) atoms. The number of rotatable bonds is 3. The third-order valence-corrected chi connectivity index (χ3v) is 4.26. The molecule has 1 aromatic rings. The first-order chi connectivity index (χ1) is 8.20. The Morgan fingerprint density at radius 1 is 1.53 bits per heavy atom. The van der Waals surface area contributed by atoms with E-state index < -0.39 is 0 Å². The summed E-state index contributed by atoms with van der Waals surface area (Å²) in [6, 6.07) is 4.19. The summed E-state index contributed by atoms with van der Waals surface area (Å²) in [5.74, 6) is 1.84. The molecular weight excluding hydrogens is 278 g/mol. The Bertz CT molecular complexity index is 379. The van der Waals surface area contributed by atoms with Gasteiger partial charge in [0.15, 0.2) is 0 Å². The summed E-state index contributed by atoms with van der Waals surface area (Å²) in [6.07, 6.45) is 3.69. The van der Waals surface area contributed by atoms with E-state index in [1.165, 1.54) is 12.8 Å². The molecule has 1 saturated heterocycles. The lowest BCUT2D eigenvalue weighted by Crippen LogP contribution is -2.36. The Hall–Kier alpha value is -0.610. The van der Waals surface area contributed by atoms with Gasteiger partial charge in [0.2, 0.25) is 0 Å². The molecule has 2 heterocycles.